The summed E-state index contributed by atoms with van der Waals surface area (Å²) in [5.41, 5.74) is 18.3. The van der Waals surface area contributed by atoms with E-state index >= 15 is 0 Å². The van der Waals surface area contributed by atoms with Gasteiger partial charge in [-0.1, -0.05) is 190 Å². The Morgan fingerprint density at radius 2 is 0.895 bits per heavy atom. The van der Waals surface area contributed by atoms with Crippen LogP contribution in [0.5, 0.6) is 0 Å². The van der Waals surface area contributed by atoms with Gasteiger partial charge in [0, 0.05) is 22.2 Å². The van der Waals surface area contributed by atoms with Gasteiger partial charge in [-0.25, -0.2) is 0 Å². The van der Waals surface area contributed by atoms with E-state index < -0.39 is 5.41 Å². The maximum absolute atomic E-state index is 2.49. The van der Waals surface area contributed by atoms with Gasteiger partial charge < -0.3 is 4.90 Å². The molecular formula is C56H41N. The summed E-state index contributed by atoms with van der Waals surface area (Å²) >= 11 is 0. The Hall–Kier alpha value is -6.96. The van der Waals surface area contributed by atoms with Gasteiger partial charge in [0.15, 0.2) is 0 Å². The molecule has 2 aliphatic rings. The summed E-state index contributed by atoms with van der Waals surface area (Å²) in [7, 11) is 0. The molecule has 0 heterocycles. The minimum atomic E-state index is -0.558. The van der Waals surface area contributed by atoms with Gasteiger partial charge >= 0.3 is 0 Å². The number of para-hydroxylation sites is 1. The average molecular weight is 728 g/mol. The van der Waals surface area contributed by atoms with E-state index in [1.807, 2.05) is 0 Å². The number of benzene rings is 9. The topological polar surface area (TPSA) is 3.24 Å². The molecular weight excluding hydrogens is 687 g/mol. The molecule has 9 aromatic rings. The summed E-state index contributed by atoms with van der Waals surface area (Å²) in [6.07, 6.45) is 0. The summed E-state index contributed by atoms with van der Waals surface area (Å²) in [6, 6.07) is 78.8. The molecule has 0 spiro atoms. The van der Waals surface area contributed by atoms with Crippen molar-refractivity contribution < 1.29 is 0 Å². The van der Waals surface area contributed by atoms with Crippen LogP contribution in [0.2, 0.25) is 0 Å². The van der Waals surface area contributed by atoms with Crippen molar-refractivity contribution in [2.45, 2.75) is 24.7 Å². The second-order valence-corrected chi connectivity index (χ2v) is 16.0. The monoisotopic (exact) mass is 727 g/mol. The van der Waals surface area contributed by atoms with Crippen LogP contribution in [-0.2, 0) is 10.8 Å². The van der Waals surface area contributed by atoms with E-state index in [0.29, 0.717) is 0 Å². The summed E-state index contributed by atoms with van der Waals surface area (Å²) in [6.45, 7) is 4.74. The van der Waals surface area contributed by atoms with E-state index in [-0.39, 0.29) is 5.41 Å². The van der Waals surface area contributed by atoms with Crippen LogP contribution in [-0.4, -0.2) is 0 Å². The van der Waals surface area contributed by atoms with Crippen molar-refractivity contribution in [3.8, 4) is 33.4 Å². The summed E-state index contributed by atoms with van der Waals surface area (Å²) in [4.78, 5) is 2.49. The zero-order chi connectivity index (χ0) is 38.1. The third-order valence-electron chi connectivity index (χ3n) is 12.7. The molecule has 0 bridgehead atoms. The second-order valence-electron chi connectivity index (χ2n) is 16.0. The number of rotatable bonds is 6. The molecule has 57 heavy (non-hydrogen) atoms. The fraction of sp³-hybridized carbons (Fsp3) is 0.0714. The van der Waals surface area contributed by atoms with E-state index in [0.717, 1.165) is 11.4 Å². The van der Waals surface area contributed by atoms with Crippen LogP contribution in [0.1, 0.15) is 47.2 Å². The van der Waals surface area contributed by atoms with Gasteiger partial charge in [-0.05, 0) is 109 Å². The molecule has 11 rings (SSSR count). The highest BCUT2D eigenvalue weighted by Gasteiger charge is 2.48. The van der Waals surface area contributed by atoms with Gasteiger partial charge in [0.05, 0.1) is 11.1 Å². The van der Waals surface area contributed by atoms with Gasteiger partial charge in [0.2, 0.25) is 0 Å². The van der Waals surface area contributed by atoms with Crippen LogP contribution in [0, 0.1) is 0 Å². The molecule has 0 N–H and O–H groups in total. The molecule has 270 valence electrons. The first-order valence-electron chi connectivity index (χ1n) is 20.0. The zero-order valence-corrected chi connectivity index (χ0v) is 32.2. The van der Waals surface area contributed by atoms with Crippen LogP contribution in [0.4, 0.5) is 17.1 Å². The average Bonchev–Trinajstić information content (AvgIpc) is 3.70. The van der Waals surface area contributed by atoms with Crippen LogP contribution >= 0.6 is 0 Å². The Labute approximate surface area is 335 Å². The highest BCUT2D eigenvalue weighted by atomic mass is 15.1. The smallest absolute Gasteiger partial charge is 0.0719 e. The molecule has 0 atom stereocenters. The summed E-state index contributed by atoms with van der Waals surface area (Å²) in [5, 5.41) is 2.47. The lowest BCUT2D eigenvalue weighted by Gasteiger charge is -2.36. The number of anilines is 3. The third-order valence-corrected chi connectivity index (χ3v) is 12.7. The van der Waals surface area contributed by atoms with E-state index in [2.05, 4.69) is 231 Å². The first-order chi connectivity index (χ1) is 28.0. The molecule has 0 saturated heterocycles. The minimum absolute atomic E-state index is 0.120. The summed E-state index contributed by atoms with van der Waals surface area (Å²) < 4.78 is 0. The molecule has 1 nitrogen and oxygen atoms in total. The SMILES string of the molecule is CC1(C)c2ccccc2-c2ccc(N(c3ccccc3)c3cc4c(c5ccccc35)C(c3ccccc3)(c3ccccc3)c3cc(-c5ccccc5)ccc3-4)cc21. The van der Waals surface area contributed by atoms with Gasteiger partial charge in [-0.2, -0.15) is 0 Å². The second kappa shape index (κ2) is 12.8. The number of hydrogen-bond donors (Lipinski definition) is 0. The number of nitrogens with zero attached hydrogens (tertiary/aromatic N) is 1. The van der Waals surface area contributed by atoms with E-state index in [4.69, 9.17) is 0 Å². The van der Waals surface area contributed by atoms with Crippen molar-refractivity contribution in [3.63, 3.8) is 0 Å². The lowest BCUT2D eigenvalue weighted by molar-refractivity contribution is 0.660. The van der Waals surface area contributed by atoms with Gasteiger partial charge in [-0.15, -0.1) is 0 Å². The minimum Gasteiger partial charge on any atom is -0.310 e. The Kier molecular flexibility index (Phi) is 7.50. The van der Waals surface area contributed by atoms with Crippen LogP contribution in [0.15, 0.2) is 212 Å². The normalized spacial score (nSPS) is 14.1. The highest BCUT2D eigenvalue weighted by Crippen LogP contribution is 2.61. The fourth-order valence-electron chi connectivity index (χ4n) is 10.2. The lowest BCUT2D eigenvalue weighted by Crippen LogP contribution is -2.29. The standard InChI is InChI=1S/C56H41N/c1-55(2)50-30-18-17-27-44(50)45-34-32-43(36-51(45)55)57(42-25-13-6-14-26-42)53-37-49-46-33-31-39(38-19-7-3-8-20-38)35-52(46)56(40-21-9-4-10-22-40,41-23-11-5-12-24-41)54(49)48-29-16-15-28-47(48)53/h3-37H,1-2H3. The largest absolute Gasteiger partial charge is 0.310 e. The molecule has 0 amide bonds. The Balaban J connectivity index is 1.24. The molecule has 9 aromatic carbocycles. The van der Waals surface area contributed by atoms with E-state index in [1.165, 1.54) is 83.2 Å². The Morgan fingerprint density at radius 3 is 1.60 bits per heavy atom. The van der Waals surface area contributed by atoms with Crippen LogP contribution in [0.3, 0.4) is 0 Å². The van der Waals surface area contributed by atoms with Gasteiger partial charge in [0.25, 0.3) is 0 Å². The Bertz CT molecular complexity index is 2920. The molecule has 0 aliphatic heterocycles. The predicted octanol–water partition coefficient (Wildman–Crippen LogP) is 14.6. The van der Waals surface area contributed by atoms with Crippen LogP contribution in [0.25, 0.3) is 44.2 Å². The molecule has 2 aliphatic carbocycles. The molecule has 0 fully saturated rings. The maximum atomic E-state index is 2.49. The van der Waals surface area contributed by atoms with Gasteiger partial charge in [0.1, 0.15) is 0 Å². The molecule has 0 unspecified atom stereocenters. The van der Waals surface area contributed by atoms with Crippen molar-refractivity contribution in [1.29, 1.82) is 0 Å². The third kappa shape index (κ3) is 4.89. The number of fused-ring (bicyclic) bond motifs is 8. The fourth-order valence-corrected chi connectivity index (χ4v) is 10.2. The predicted molar refractivity (Wildman–Crippen MR) is 239 cm³/mol. The van der Waals surface area contributed by atoms with Gasteiger partial charge in [-0.3, -0.25) is 0 Å². The van der Waals surface area contributed by atoms with E-state index in [9.17, 15) is 0 Å². The van der Waals surface area contributed by atoms with Crippen LogP contribution < -0.4 is 4.90 Å². The summed E-state index contributed by atoms with van der Waals surface area (Å²) in [5.74, 6) is 0. The van der Waals surface area contributed by atoms with Crippen molar-refractivity contribution in [1.82, 2.24) is 0 Å². The molecule has 1 heteroatoms. The quantitative estimate of drug-likeness (QED) is 0.165. The first kappa shape index (κ1) is 33.4. The first-order valence-corrected chi connectivity index (χ1v) is 20.0. The maximum Gasteiger partial charge on any atom is 0.0719 e. The Morgan fingerprint density at radius 1 is 0.351 bits per heavy atom. The van der Waals surface area contributed by atoms with Crippen molar-refractivity contribution >= 4 is 27.8 Å². The zero-order valence-electron chi connectivity index (χ0n) is 32.2. The molecule has 0 saturated carbocycles. The van der Waals surface area contributed by atoms with Crippen molar-refractivity contribution in [2.24, 2.45) is 0 Å². The molecule has 0 radical (unpaired) electrons. The number of hydrogen-bond acceptors (Lipinski definition) is 1. The molecule has 0 aromatic heterocycles. The van der Waals surface area contributed by atoms with E-state index in [1.54, 1.807) is 0 Å². The highest BCUT2D eigenvalue weighted by molar-refractivity contribution is 6.09. The lowest BCUT2D eigenvalue weighted by atomic mass is 9.66. The van der Waals surface area contributed by atoms with Crippen molar-refractivity contribution in [3.05, 3.63) is 246 Å². The van der Waals surface area contributed by atoms with Crippen molar-refractivity contribution in [2.75, 3.05) is 4.90 Å².